The average Bonchev–Trinajstić information content (AvgIpc) is 2.98. The Morgan fingerprint density at radius 3 is 2.95 bits per heavy atom. The highest BCUT2D eigenvalue weighted by Crippen LogP contribution is 2.07. The van der Waals surface area contributed by atoms with Crippen molar-refractivity contribution in [2.45, 2.75) is 13.0 Å². The lowest BCUT2D eigenvalue weighted by molar-refractivity contribution is 0.220. The zero-order chi connectivity index (χ0) is 15.2. The Morgan fingerprint density at radius 2 is 2.14 bits per heavy atom. The van der Waals surface area contributed by atoms with Gasteiger partial charge in [-0.3, -0.25) is 14.4 Å². The lowest BCUT2D eigenvalue weighted by atomic mass is 10.0. The summed E-state index contributed by atoms with van der Waals surface area (Å²) in [7, 11) is 0. The van der Waals surface area contributed by atoms with Crippen LogP contribution in [0.5, 0.6) is 0 Å². The first kappa shape index (κ1) is 14.6. The molecule has 0 fully saturated rings. The topological polar surface area (TPSA) is 75.3 Å². The number of rotatable bonds is 7. The SMILES string of the molecule is OCC(CNCc1cnc2cnccn12)Cc1ccccn1. The minimum absolute atomic E-state index is 0.140. The lowest BCUT2D eigenvalue weighted by Crippen LogP contribution is -2.27. The standard InChI is InChI=1S/C16H19N5O/c22-12-13(7-14-3-1-2-4-19-14)8-18-9-15-10-20-16-11-17-5-6-21(15)16/h1-6,10-11,13,18,22H,7-9,12H2. The van der Waals surface area contributed by atoms with Gasteiger partial charge in [-0.15, -0.1) is 0 Å². The van der Waals surface area contributed by atoms with Crippen LogP contribution in [0.15, 0.2) is 49.2 Å². The smallest absolute Gasteiger partial charge is 0.155 e. The molecule has 0 saturated heterocycles. The maximum atomic E-state index is 9.52. The minimum Gasteiger partial charge on any atom is -0.396 e. The van der Waals surface area contributed by atoms with Gasteiger partial charge in [-0.1, -0.05) is 6.07 Å². The molecule has 0 aliphatic rings. The van der Waals surface area contributed by atoms with Crippen LogP contribution < -0.4 is 5.32 Å². The number of pyridine rings is 1. The van der Waals surface area contributed by atoms with Crippen LogP contribution in [0.25, 0.3) is 5.65 Å². The molecular weight excluding hydrogens is 278 g/mol. The van der Waals surface area contributed by atoms with Gasteiger partial charge in [-0.05, 0) is 24.5 Å². The molecule has 3 aromatic rings. The van der Waals surface area contributed by atoms with Gasteiger partial charge < -0.3 is 10.4 Å². The van der Waals surface area contributed by atoms with E-state index in [9.17, 15) is 5.11 Å². The molecule has 3 aromatic heterocycles. The third kappa shape index (κ3) is 3.47. The molecule has 0 aliphatic heterocycles. The van der Waals surface area contributed by atoms with E-state index in [1.807, 2.05) is 35.0 Å². The lowest BCUT2D eigenvalue weighted by Gasteiger charge is -2.14. The molecule has 0 radical (unpaired) electrons. The first-order chi connectivity index (χ1) is 10.9. The van der Waals surface area contributed by atoms with Gasteiger partial charge in [0, 0.05) is 44.0 Å². The van der Waals surface area contributed by atoms with Crippen molar-refractivity contribution in [2.75, 3.05) is 13.2 Å². The van der Waals surface area contributed by atoms with Gasteiger partial charge in [0.2, 0.25) is 0 Å². The molecule has 0 spiro atoms. The number of aliphatic hydroxyl groups excluding tert-OH is 1. The second-order valence-corrected chi connectivity index (χ2v) is 5.26. The van der Waals surface area contributed by atoms with Gasteiger partial charge in [0.15, 0.2) is 5.65 Å². The highest BCUT2D eigenvalue weighted by atomic mass is 16.3. The Kier molecular flexibility index (Phi) is 4.72. The minimum atomic E-state index is 0.140. The van der Waals surface area contributed by atoms with Crippen LogP contribution >= 0.6 is 0 Å². The van der Waals surface area contributed by atoms with Crippen molar-refractivity contribution in [1.82, 2.24) is 24.7 Å². The molecule has 3 rings (SSSR count). The van der Waals surface area contributed by atoms with Crippen LogP contribution in [0.2, 0.25) is 0 Å². The summed E-state index contributed by atoms with van der Waals surface area (Å²) in [6, 6.07) is 5.85. The number of hydrogen-bond acceptors (Lipinski definition) is 5. The Hall–Kier alpha value is -2.31. The van der Waals surface area contributed by atoms with Gasteiger partial charge >= 0.3 is 0 Å². The molecule has 0 saturated carbocycles. The van der Waals surface area contributed by atoms with Gasteiger partial charge in [0.05, 0.1) is 18.1 Å². The van der Waals surface area contributed by atoms with E-state index in [-0.39, 0.29) is 12.5 Å². The second kappa shape index (κ2) is 7.11. The summed E-state index contributed by atoms with van der Waals surface area (Å²) >= 11 is 0. The maximum absolute atomic E-state index is 9.52. The second-order valence-electron chi connectivity index (χ2n) is 5.26. The van der Waals surface area contributed by atoms with Crippen molar-refractivity contribution < 1.29 is 5.11 Å². The van der Waals surface area contributed by atoms with E-state index in [2.05, 4.69) is 20.3 Å². The summed E-state index contributed by atoms with van der Waals surface area (Å²) in [6.07, 6.45) is 9.77. The molecule has 1 unspecified atom stereocenters. The summed E-state index contributed by atoms with van der Waals surface area (Å²) in [6.45, 7) is 1.57. The van der Waals surface area contributed by atoms with Crippen molar-refractivity contribution >= 4 is 5.65 Å². The normalized spacial score (nSPS) is 12.6. The molecule has 6 heteroatoms. The molecule has 0 aliphatic carbocycles. The van der Waals surface area contributed by atoms with Crippen LogP contribution in [0.1, 0.15) is 11.4 Å². The van der Waals surface area contributed by atoms with Gasteiger partial charge in [-0.2, -0.15) is 0 Å². The van der Waals surface area contributed by atoms with Crippen molar-refractivity contribution in [3.8, 4) is 0 Å². The van der Waals surface area contributed by atoms with Crippen LogP contribution in [0.4, 0.5) is 0 Å². The monoisotopic (exact) mass is 297 g/mol. The van der Waals surface area contributed by atoms with E-state index in [1.54, 1.807) is 18.6 Å². The number of aromatic nitrogens is 4. The van der Waals surface area contributed by atoms with E-state index < -0.39 is 0 Å². The number of imidazole rings is 1. The average molecular weight is 297 g/mol. The molecular formula is C16H19N5O. The Morgan fingerprint density at radius 1 is 1.18 bits per heavy atom. The van der Waals surface area contributed by atoms with E-state index >= 15 is 0 Å². The number of nitrogens with one attached hydrogen (secondary N) is 1. The molecule has 0 bridgehead atoms. The zero-order valence-corrected chi connectivity index (χ0v) is 12.3. The maximum Gasteiger partial charge on any atom is 0.155 e. The van der Waals surface area contributed by atoms with Crippen molar-refractivity contribution in [3.05, 3.63) is 60.6 Å². The number of aliphatic hydroxyl groups is 1. The van der Waals surface area contributed by atoms with Crippen LogP contribution in [0, 0.1) is 5.92 Å². The van der Waals surface area contributed by atoms with E-state index in [0.29, 0.717) is 6.54 Å². The summed E-state index contributed by atoms with van der Waals surface area (Å²) < 4.78 is 2.01. The molecule has 0 aromatic carbocycles. The van der Waals surface area contributed by atoms with Gasteiger partial charge in [0.25, 0.3) is 0 Å². The zero-order valence-electron chi connectivity index (χ0n) is 12.3. The fourth-order valence-electron chi connectivity index (χ4n) is 2.45. The third-order valence-electron chi connectivity index (χ3n) is 3.62. The first-order valence-corrected chi connectivity index (χ1v) is 7.34. The van der Waals surface area contributed by atoms with Crippen LogP contribution in [-0.2, 0) is 13.0 Å². The molecule has 114 valence electrons. The summed E-state index contributed by atoms with van der Waals surface area (Å²) in [5.41, 5.74) is 2.92. The van der Waals surface area contributed by atoms with E-state index in [0.717, 1.165) is 30.0 Å². The fraction of sp³-hybridized carbons (Fsp3) is 0.312. The molecule has 22 heavy (non-hydrogen) atoms. The molecule has 1 atom stereocenters. The van der Waals surface area contributed by atoms with Crippen molar-refractivity contribution in [3.63, 3.8) is 0 Å². The number of nitrogens with zero attached hydrogens (tertiary/aromatic N) is 4. The van der Waals surface area contributed by atoms with Gasteiger partial charge in [0.1, 0.15) is 0 Å². The highest BCUT2D eigenvalue weighted by Gasteiger charge is 2.10. The van der Waals surface area contributed by atoms with Crippen LogP contribution in [0.3, 0.4) is 0 Å². The quantitative estimate of drug-likeness (QED) is 0.682. The molecule has 0 amide bonds. The predicted molar refractivity (Wildman–Crippen MR) is 83.2 cm³/mol. The first-order valence-electron chi connectivity index (χ1n) is 7.34. The van der Waals surface area contributed by atoms with Crippen molar-refractivity contribution in [2.24, 2.45) is 5.92 Å². The molecule has 3 heterocycles. The summed E-state index contributed by atoms with van der Waals surface area (Å²) in [5.74, 6) is 0.149. The predicted octanol–water partition coefficient (Wildman–Crippen LogP) is 1.07. The fourth-order valence-corrected chi connectivity index (χ4v) is 2.45. The summed E-state index contributed by atoms with van der Waals surface area (Å²) in [4.78, 5) is 12.7. The van der Waals surface area contributed by atoms with E-state index in [1.165, 1.54) is 0 Å². The van der Waals surface area contributed by atoms with E-state index in [4.69, 9.17) is 0 Å². The Labute approximate surface area is 128 Å². The van der Waals surface area contributed by atoms with Crippen molar-refractivity contribution in [1.29, 1.82) is 0 Å². The molecule has 6 nitrogen and oxygen atoms in total. The summed E-state index contributed by atoms with van der Waals surface area (Å²) in [5, 5.41) is 12.9. The molecule has 2 N–H and O–H groups in total. The third-order valence-corrected chi connectivity index (χ3v) is 3.62. The Balaban J connectivity index is 1.55. The number of fused-ring (bicyclic) bond motifs is 1. The highest BCUT2D eigenvalue weighted by molar-refractivity contribution is 5.36. The van der Waals surface area contributed by atoms with Gasteiger partial charge in [-0.25, -0.2) is 4.98 Å². The Bertz CT molecular complexity index is 713. The number of hydrogen-bond donors (Lipinski definition) is 2. The largest absolute Gasteiger partial charge is 0.396 e. The van der Waals surface area contributed by atoms with Crippen LogP contribution in [-0.4, -0.2) is 37.6 Å².